The van der Waals surface area contributed by atoms with Gasteiger partial charge < -0.3 is 21.9 Å². The molecule has 1 rings (SSSR count). The molecule has 0 aliphatic rings. The Morgan fingerprint density at radius 2 is 1.91 bits per heavy atom. The molecule has 0 aromatic carbocycles. The number of aromatic nitrogens is 2. The number of nitrogen functional groups attached to an aromatic ring is 1. The van der Waals surface area contributed by atoms with Crippen molar-refractivity contribution in [1.29, 1.82) is 5.41 Å². The Balaban J connectivity index is 0. The van der Waals surface area contributed by atoms with Gasteiger partial charge >= 0.3 is 5.97 Å². The number of aryl methyl sites for hydroxylation is 1. The topological polar surface area (TPSA) is 191 Å². The quantitative estimate of drug-likeness (QED) is 0.203. The molecule has 124 valence electrons. The van der Waals surface area contributed by atoms with Crippen LogP contribution in [0.25, 0.3) is 0 Å². The van der Waals surface area contributed by atoms with Crippen molar-refractivity contribution in [2.75, 3.05) is 12.3 Å². The number of anilines is 1. The molecule has 0 atom stereocenters. The first-order valence-electron chi connectivity index (χ1n) is 6.16. The zero-order valence-electron chi connectivity index (χ0n) is 12.8. The molecule has 0 fully saturated rings. The summed E-state index contributed by atoms with van der Waals surface area (Å²) in [6.45, 7) is 5.12. The minimum absolute atomic E-state index is 0.103. The van der Waals surface area contributed by atoms with Gasteiger partial charge in [0, 0.05) is 11.8 Å². The molecule has 0 unspecified atom stereocenters. The van der Waals surface area contributed by atoms with Gasteiger partial charge in [0.1, 0.15) is 12.2 Å². The third kappa shape index (κ3) is 17.1. The van der Waals surface area contributed by atoms with E-state index in [1.165, 1.54) is 13.0 Å². The molecule has 0 saturated carbocycles. The van der Waals surface area contributed by atoms with Crippen molar-refractivity contribution in [2.24, 2.45) is 11.5 Å². The molecule has 0 saturated heterocycles. The van der Waals surface area contributed by atoms with Crippen molar-refractivity contribution in [2.45, 2.75) is 27.2 Å². The van der Waals surface area contributed by atoms with Crippen LogP contribution in [-0.2, 0) is 14.3 Å². The fourth-order valence-electron chi connectivity index (χ4n) is 1.02. The van der Waals surface area contributed by atoms with Crippen molar-refractivity contribution in [3.8, 4) is 0 Å². The molecular formula is C12H22N6O4. The largest absolute Gasteiger partial charge is 0.466 e. The van der Waals surface area contributed by atoms with Gasteiger partial charge in [-0.15, -0.1) is 0 Å². The summed E-state index contributed by atoms with van der Waals surface area (Å²) in [4.78, 5) is 37.3. The molecule has 1 aromatic rings. The minimum Gasteiger partial charge on any atom is -0.466 e. The predicted octanol–water partition coefficient (Wildman–Crippen LogP) is -0.972. The lowest BCUT2D eigenvalue weighted by Crippen LogP contribution is -2.20. The maximum atomic E-state index is 10.5. The first-order valence-corrected chi connectivity index (χ1v) is 6.16. The van der Waals surface area contributed by atoms with E-state index in [1.807, 2.05) is 0 Å². The van der Waals surface area contributed by atoms with Crippen molar-refractivity contribution in [3.05, 3.63) is 22.1 Å². The zero-order chi connectivity index (χ0) is 17.7. The summed E-state index contributed by atoms with van der Waals surface area (Å²) in [5.41, 5.74) is 14.6. The second-order valence-corrected chi connectivity index (χ2v) is 3.91. The lowest BCUT2D eigenvalue weighted by Gasteiger charge is -1.96. The summed E-state index contributed by atoms with van der Waals surface area (Å²) in [5.74, 6) is -0.765. The molecule has 8 N–H and O–H groups in total. The fourth-order valence-corrected chi connectivity index (χ4v) is 1.02. The highest BCUT2D eigenvalue weighted by atomic mass is 16.5. The Kier molecular flexibility index (Phi) is 11.5. The SMILES string of the molecule is CCOC(=O)CC(C)=O.Cc1cc(=O)[nH]c(N)n1.N=C(N)N. The number of H-pyrrole nitrogens is 1. The number of hydrogen-bond acceptors (Lipinski definition) is 7. The van der Waals surface area contributed by atoms with Gasteiger partial charge in [0.25, 0.3) is 5.56 Å². The Morgan fingerprint density at radius 1 is 1.41 bits per heavy atom. The van der Waals surface area contributed by atoms with Crippen molar-refractivity contribution >= 4 is 23.7 Å². The van der Waals surface area contributed by atoms with Gasteiger partial charge in [-0.05, 0) is 20.8 Å². The number of nitrogens with zero attached hydrogens (tertiary/aromatic N) is 1. The van der Waals surface area contributed by atoms with Crippen LogP contribution in [0.15, 0.2) is 10.9 Å². The van der Waals surface area contributed by atoms with Gasteiger partial charge in [0.05, 0.1) is 6.61 Å². The first kappa shape index (κ1) is 21.4. The molecule has 0 aliphatic heterocycles. The summed E-state index contributed by atoms with van der Waals surface area (Å²) in [5, 5.41) is 6.06. The third-order valence-corrected chi connectivity index (χ3v) is 1.59. The van der Waals surface area contributed by atoms with Gasteiger partial charge in [-0.25, -0.2) is 4.98 Å². The average Bonchev–Trinajstić information content (AvgIpc) is 2.25. The molecular weight excluding hydrogens is 292 g/mol. The van der Waals surface area contributed by atoms with Crippen LogP contribution in [0, 0.1) is 12.3 Å². The number of esters is 1. The summed E-state index contributed by atoms with van der Waals surface area (Å²) < 4.78 is 4.49. The van der Waals surface area contributed by atoms with Crippen molar-refractivity contribution in [1.82, 2.24) is 9.97 Å². The normalized spacial score (nSPS) is 8.50. The summed E-state index contributed by atoms with van der Waals surface area (Å²) >= 11 is 0. The Morgan fingerprint density at radius 3 is 2.23 bits per heavy atom. The fraction of sp³-hybridized carbons (Fsp3) is 0.417. The van der Waals surface area contributed by atoms with Gasteiger partial charge in [0.2, 0.25) is 5.95 Å². The van der Waals surface area contributed by atoms with E-state index in [4.69, 9.17) is 11.1 Å². The number of ketones is 1. The highest BCUT2D eigenvalue weighted by Crippen LogP contribution is 1.87. The standard InChI is InChI=1S/C6H10O3.C5H7N3O.CH5N3/c1-3-9-6(8)4-5(2)7;1-3-2-4(9)8-5(6)7-3;2-1(3)4/h3-4H2,1-2H3;2H,1H3,(H3,6,7,8,9);(H5,2,3,4). The Bertz CT molecular complexity index is 528. The average molecular weight is 314 g/mol. The van der Waals surface area contributed by atoms with E-state index in [2.05, 4.69) is 26.2 Å². The number of carbonyl (C=O) groups is 2. The number of nitrogens with one attached hydrogen (secondary N) is 2. The molecule has 0 aliphatic carbocycles. The molecule has 22 heavy (non-hydrogen) atoms. The molecule has 10 heteroatoms. The second kappa shape index (κ2) is 11.9. The molecule has 10 nitrogen and oxygen atoms in total. The molecule has 1 heterocycles. The second-order valence-electron chi connectivity index (χ2n) is 3.91. The van der Waals surface area contributed by atoms with Gasteiger partial charge in [0.15, 0.2) is 5.96 Å². The highest BCUT2D eigenvalue weighted by Gasteiger charge is 2.03. The lowest BCUT2D eigenvalue weighted by molar-refractivity contribution is -0.145. The van der Waals surface area contributed by atoms with Gasteiger partial charge in [-0.3, -0.25) is 24.8 Å². The van der Waals surface area contributed by atoms with Gasteiger partial charge in [-0.2, -0.15) is 0 Å². The van der Waals surface area contributed by atoms with Crippen molar-refractivity contribution in [3.63, 3.8) is 0 Å². The smallest absolute Gasteiger partial charge is 0.313 e. The van der Waals surface area contributed by atoms with Crippen LogP contribution in [0.1, 0.15) is 26.0 Å². The minimum atomic E-state index is -0.440. The number of hydrogen-bond donors (Lipinski definition) is 5. The number of nitrogens with two attached hydrogens (primary N) is 3. The number of carbonyl (C=O) groups excluding carboxylic acids is 2. The van der Waals surface area contributed by atoms with Crippen molar-refractivity contribution < 1.29 is 14.3 Å². The maximum Gasteiger partial charge on any atom is 0.313 e. The Hall–Kier alpha value is -2.91. The number of Topliss-reactive ketones (excluding diaryl/α,β-unsaturated/α-hetero) is 1. The third-order valence-electron chi connectivity index (χ3n) is 1.59. The summed E-state index contributed by atoms with van der Waals surface area (Å²) in [6, 6.07) is 1.39. The molecule has 0 bridgehead atoms. The zero-order valence-corrected chi connectivity index (χ0v) is 12.8. The number of ether oxygens (including phenoxy) is 1. The van der Waals surface area contributed by atoms with Crippen LogP contribution in [0.3, 0.4) is 0 Å². The van der Waals surface area contributed by atoms with E-state index < -0.39 is 5.97 Å². The lowest BCUT2D eigenvalue weighted by atomic mass is 10.3. The monoisotopic (exact) mass is 314 g/mol. The molecule has 1 aromatic heterocycles. The van der Waals surface area contributed by atoms with E-state index in [-0.39, 0.29) is 29.7 Å². The van der Waals surface area contributed by atoms with Crippen LogP contribution in [0.5, 0.6) is 0 Å². The number of aromatic amines is 1. The van der Waals surface area contributed by atoms with E-state index in [0.717, 1.165) is 0 Å². The maximum absolute atomic E-state index is 10.5. The first-order chi connectivity index (χ1) is 10.1. The number of guanidine groups is 1. The predicted molar refractivity (Wildman–Crippen MR) is 82.0 cm³/mol. The van der Waals surface area contributed by atoms with Gasteiger partial charge in [-0.1, -0.05) is 0 Å². The van der Waals surface area contributed by atoms with Crippen LogP contribution in [0.4, 0.5) is 5.95 Å². The molecule has 0 radical (unpaired) electrons. The van der Waals surface area contributed by atoms with E-state index >= 15 is 0 Å². The summed E-state index contributed by atoms with van der Waals surface area (Å²) in [6.07, 6.45) is -0.103. The van der Waals surface area contributed by atoms with E-state index in [0.29, 0.717) is 12.3 Å². The van der Waals surface area contributed by atoms with E-state index in [1.54, 1.807) is 13.8 Å². The van der Waals surface area contributed by atoms with Crippen LogP contribution < -0.4 is 22.8 Å². The summed E-state index contributed by atoms with van der Waals surface area (Å²) in [7, 11) is 0. The Labute approximate surface area is 127 Å². The molecule has 0 amide bonds. The number of rotatable bonds is 3. The highest BCUT2D eigenvalue weighted by molar-refractivity contribution is 5.94. The van der Waals surface area contributed by atoms with Crippen LogP contribution >= 0.6 is 0 Å². The molecule has 0 spiro atoms. The van der Waals surface area contributed by atoms with E-state index in [9.17, 15) is 14.4 Å². The van der Waals surface area contributed by atoms with Crippen LogP contribution in [-0.4, -0.2) is 34.3 Å². The van der Waals surface area contributed by atoms with Crippen LogP contribution in [0.2, 0.25) is 0 Å².